The Kier molecular flexibility index (Phi) is 4.64. The van der Waals surface area contributed by atoms with Gasteiger partial charge in [-0.2, -0.15) is 4.98 Å². The Hall–Kier alpha value is -2.00. The van der Waals surface area contributed by atoms with Gasteiger partial charge < -0.3 is 20.1 Å². The fraction of sp³-hybridized carbons (Fsp3) is 0.636. The highest BCUT2D eigenvalue weighted by Gasteiger charge is 2.23. The summed E-state index contributed by atoms with van der Waals surface area (Å²) in [6, 6.07) is 0. The molecule has 1 aliphatic rings. The number of rotatable bonds is 5. The van der Waals surface area contributed by atoms with Gasteiger partial charge >= 0.3 is 5.69 Å². The summed E-state index contributed by atoms with van der Waals surface area (Å²) in [6.45, 7) is 3.53. The number of nitro groups is 1. The highest BCUT2D eigenvalue weighted by atomic mass is 16.6. The number of ether oxygens (including phenoxy) is 2. The molecule has 0 bridgehead atoms. The lowest BCUT2D eigenvalue weighted by molar-refractivity contribution is -0.385. The number of hydrogen-bond acceptors (Lipinski definition) is 8. The molecule has 9 heteroatoms. The average molecular weight is 283 g/mol. The summed E-state index contributed by atoms with van der Waals surface area (Å²) in [4.78, 5) is 18.7. The van der Waals surface area contributed by atoms with Crippen LogP contribution in [0.5, 0.6) is 0 Å². The van der Waals surface area contributed by atoms with Gasteiger partial charge in [0.15, 0.2) is 0 Å². The summed E-state index contributed by atoms with van der Waals surface area (Å²) in [6.07, 6.45) is -0.142. The Morgan fingerprint density at radius 3 is 2.85 bits per heavy atom. The zero-order valence-electron chi connectivity index (χ0n) is 11.4. The summed E-state index contributed by atoms with van der Waals surface area (Å²) in [5, 5.41) is 16.8. The van der Waals surface area contributed by atoms with Gasteiger partial charge in [-0.1, -0.05) is 0 Å². The second-order valence-electron chi connectivity index (χ2n) is 4.29. The van der Waals surface area contributed by atoms with E-state index in [-0.39, 0.29) is 17.6 Å². The first kappa shape index (κ1) is 14.4. The first-order chi connectivity index (χ1) is 9.61. The molecule has 1 aromatic rings. The van der Waals surface area contributed by atoms with Crippen molar-refractivity contribution >= 4 is 17.5 Å². The van der Waals surface area contributed by atoms with Crippen LogP contribution in [0.1, 0.15) is 5.69 Å². The van der Waals surface area contributed by atoms with Crippen molar-refractivity contribution in [2.75, 3.05) is 44.0 Å². The molecule has 0 saturated carbocycles. The lowest BCUT2D eigenvalue weighted by Gasteiger charge is -2.23. The van der Waals surface area contributed by atoms with Crippen molar-refractivity contribution in [2.45, 2.75) is 13.0 Å². The van der Waals surface area contributed by atoms with Gasteiger partial charge in [0.05, 0.1) is 30.8 Å². The van der Waals surface area contributed by atoms with Gasteiger partial charge in [-0.25, -0.2) is 4.98 Å². The van der Waals surface area contributed by atoms with E-state index in [2.05, 4.69) is 20.6 Å². The molecular formula is C11H17N5O4. The molecule has 1 unspecified atom stereocenters. The maximum Gasteiger partial charge on any atom is 0.332 e. The maximum atomic E-state index is 11.1. The second-order valence-corrected chi connectivity index (χ2v) is 4.29. The van der Waals surface area contributed by atoms with Crippen molar-refractivity contribution in [2.24, 2.45) is 0 Å². The maximum absolute atomic E-state index is 11.1. The van der Waals surface area contributed by atoms with Crippen molar-refractivity contribution in [3.63, 3.8) is 0 Å². The van der Waals surface area contributed by atoms with E-state index in [9.17, 15) is 10.1 Å². The van der Waals surface area contributed by atoms with Crippen molar-refractivity contribution in [3.8, 4) is 0 Å². The molecule has 1 fully saturated rings. The molecule has 110 valence electrons. The van der Waals surface area contributed by atoms with E-state index in [1.807, 2.05) is 0 Å². The number of hydrogen-bond donors (Lipinski definition) is 2. The van der Waals surface area contributed by atoms with Gasteiger partial charge in [0, 0.05) is 13.6 Å². The minimum atomic E-state index is -0.491. The van der Waals surface area contributed by atoms with Crippen LogP contribution in [0.3, 0.4) is 0 Å². The van der Waals surface area contributed by atoms with Gasteiger partial charge in [-0.3, -0.25) is 10.1 Å². The van der Waals surface area contributed by atoms with Gasteiger partial charge in [-0.15, -0.1) is 0 Å². The van der Waals surface area contributed by atoms with Crippen molar-refractivity contribution in [1.29, 1.82) is 0 Å². The quantitative estimate of drug-likeness (QED) is 0.595. The molecular weight excluding hydrogens is 266 g/mol. The molecule has 0 aromatic carbocycles. The Bertz CT molecular complexity index is 490. The first-order valence-corrected chi connectivity index (χ1v) is 6.25. The van der Waals surface area contributed by atoms with Crippen molar-refractivity contribution < 1.29 is 14.4 Å². The van der Waals surface area contributed by atoms with Crippen LogP contribution in [0.25, 0.3) is 0 Å². The standard InChI is InChI=1S/C11H17N5O4/c1-7-9(16(17)18)10(15-11(12-2)14-7)13-5-8-6-19-3-4-20-8/h8H,3-6H2,1-2H3,(H2,12,13,14,15). The molecule has 0 amide bonds. The van der Waals surface area contributed by atoms with Crippen LogP contribution in [0.2, 0.25) is 0 Å². The van der Waals surface area contributed by atoms with E-state index >= 15 is 0 Å². The Labute approximate surface area is 115 Å². The van der Waals surface area contributed by atoms with E-state index in [1.165, 1.54) is 0 Å². The van der Waals surface area contributed by atoms with Crippen LogP contribution in [-0.4, -0.2) is 54.4 Å². The summed E-state index contributed by atoms with van der Waals surface area (Å²) in [7, 11) is 1.66. The minimum absolute atomic E-state index is 0.124. The van der Waals surface area contributed by atoms with Crippen molar-refractivity contribution in [1.82, 2.24) is 9.97 Å². The molecule has 1 saturated heterocycles. The lowest BCUT2D eigenvalue weighted by atomic mass is 10.3. The van der Waals surface area contributed by atoms with Gasteiger partial charge in [0.25, 0.3) is 0 Å². The smallest absolute Gasteiger partial charge is 0.332 e. The molecule has 0 aliphatic carbocycles. The largest absolute Gasteiger partial charge is 0.376 e. The summed E-state index contributed by atoms with van der Waals surface area (Å²) >= 11 is 0. The molecule has 1 aromatic heterocycles. The molecule has 2 heterocycles. The zero-order valence-corrected chi connectivity index (χ0v) is 11.4. The Balaban J connectivity index is 2.15. The Morgan fingerprint density at radius 2 is 2.25 bits per heavy atom. The molecule has 0 radical (unpaired) electrons. The number of aromatic nitrogens is 2. The highest BCUT2D eigenvalue weighted by Crippen LogP contribution is 2.26. The third-order valence-corrected chi connectivity index (χ3v) is 2.85. The SMILES string of the molecule is CNc1nc(C)c([N+](=O)[O-])c(NCC2COCCO2)n1. The predicted molar refractivity (Wildman–Crippen MR) is 72.0 cm³/mol. The number of nitrogens with one attached hydrogen (secondary N) is 2. The third-order valence-electron chi connectivity index (χ3n) is 2.85. The summed E-state index contributed by atoms with van der Waals surface area (Å²) in [5.41, 5.74) is 0.179. The highest BCUT2D eigenvalue weighted by molar-refractivity contribution is 5.60. The summed E-state index contributed by atoms with van der Waals surface area (Å²) < 4.78 is 10.7. The van der Waals surface area contributed by atoms with E-state index in [0.29, 0.717) is 38.0 Å². The zero-order chi connectivity index (χ0) is 14.5. The third kappa shape index (κ3) is 3.31. The number of nitrogens with zero attached hydrogens (tertiary/aromatic N) is 3. The van der Waals surface area contributed by atoms with Crippen LogP contribution < -0.4 is 10.6 Å². The van der Waals surface area contributed by atoms with Crippen LogP contribution in [0, 0.1) is 17.0 Å². The van der Waals surface area contributed by atoms with Gasteiger partial charge in [0.2, 0.25) is 11.8 Å². The lowest BCUT2D eigenvalue weighted by Crippen LogP contribution is -2.34. The average Bonchev–Trinajstić information content (AvgIpc) is 2.45. The van der Waals surface area contributed by atoms with Gasteiger partial charge in [-0.05, 0) is 6.92 Å². The fourth-order valence-electron chi connectivity index (χ4n) is 1.89. The Morgan fingerprint density at radius 1 is 1.45 bits per heavy atom. The molecule has 2 rings (SSSR count). The monoisotopic (exact) mass is 283 g/mol. The minimum Gasteiger partial charge on any atom is -0.376 e. The van der Waals surface area contributed by atoms with Crippen LogP contribution in [0.15, 0.2) is 0 Å². The topological polar surface area (TPSA) is 111 Å². The molecule has 0 spiro atoms. The fourth-order valence-corrected chi connectivity index (χ4v) is 1.89. The van der Waals surface area contributed by atoms with E-state index in [1.54, 1.807) is 14.0 Å². The van der Waals surface area contributed by atoms with Gasteiger partial charge in [0.1, 0.15) is 5.69 Å². The second kappa shape index (κ2) is 6.44. The van der Waals surface area contributed by atoms with Crippen LogP contribution in [0.4, 0.5) is 17.5 Å². The molecule has 2 N–H and O–H groups in total. The molecule has 1 atom stereocenters. The molecule has 9 nitrogen and oxygen atoms in total. The van der Waals surface area contributed by atoms with E-state index in [4.69, 9.17) is 9.47 Å². The number of anilines is 2. The number of aryl methyl sites for hydroxylation is 1. The normalized spacial score (nSPS) is 18.6. The van der Waals surface area contributed by atoms with Crippen LogP contribution >= 0.6 is 0 Å². The van der Waals surface area contributed by atoms with Crippen LogP contribution in [-0.2, 0) is 9.47 Å². The summed E-state index contributed by atoms with van der Waals surface area (Å²) in [5.74, 6) is 0.512. The van der Waals surface area contributed by atoms with E-state index < -0.39 is 4.92 Å². The first-order valence-electron chi connectivity index (χ1n) is 6.25. The molecule has 20 heavy (non-hydrogen) atoms. The predicted octanol–water partition coefficient (Wildman–Crippen LogP) is 0.562. The van der Waals surface area contributed by atoms with Crippen molar-refractivity contribution in [3.05, 3.63) is 15.8 Å². The molecule has 1 aliphatic heterocycles. The van der Waals surface area contributed by atoms with E-state index in [0.717, 1.165) is 0 Å².